The van der Waals surface area contributed by atoms with Crippen LogP contribution in [0.1, 0.15) is 35.7 Å². The number of benzene rings is 1. The van der Waals surface area contributed by atoms with Gasteiger partial charge in [0.1, 0.15) is 5.82 Å². The van der Waals surface area contributed by atoms with Crippen molar-refractivity contribution in [3.63, 3.8) is 0 Å². The molecule has 0 aliphatic carbocycles. The minimum atomic E-state index is -0.234. The zero-order chi connectivity index (χ0) is 21.3. The van der Waals surface area contributed by atoms with E-state index in [0.717, 1.165) is 55.0 Å². The maximum Gasteiger partial charge on any atom is 0.225 e. The number of hydrogen-bond acceptors (Lipinski definition) is 5. The lowest BCUT2D eigenvalue weighted by Gasteiger charge is -2.33. The van der Waals surface area contributed by atoms with E-state index in [1.165, 1.54) is 17.7 Å². The van der Waals surface area contributed by atoms with E-state index in [2.05, 4.69) is 28.1 Å². The molecule has 0 unspecified atom stereocenters. The third-order valence-corrected chi connectivity index (χ3v) is 5.76. The van der Waals surface area contributed by atoms with E-state index in [4.69, 9.17) is 4.98 Å². The summed E-state index contributed by atoms with van der Waals surface area (Å²) in [5.74, 6) is 0.774. The van der Waals surface area contributed by atoms with Crippen LogP contribution < -0.4 is 4.90 Å². The summed E-state index contributed by atoms with van der Waals surface area (Å²) in [4.78, 5) is 13.9. The molecule has 1 fully saturated rings. The van der Waals surface area contributed by atoms with Crippen LogP contribution in [0.15, 0.2) is 36.7 Å². The fraction of sp³-hybridized carbons (Fsp3) is 0.435. The lowest BCUT2D eigenvalue weighted by Crippen LogP contribution is -2.34. The molecule has 0 N–H and O–H groups in total. The number of likely N-dealkylation sites (tertiary alicyclic amines) is 1. The monoisotopic (exact) mass is 408 g/mol. The Balaban J connectivity index is 1.64. The molecule has 30 heavy (non-hydrogen) atoms. The molecular formula is C23H29FN6. The highest BCUT2D eigenvalue weighted by Gasteiger charge is 2.26. The van der Waals surface area contributed by atoms with Gasteiger partial charge in [-0.2, -0.15) is 5.10 Å². The summed E-state index contributed by atoms with van der Waals surface area (Å²) < 4.78 is 15.4. The Kier molecular flexibility index (Phi) is 5.81. The van der Waals surface area contributed by atoms with Crippen LogP contribution in [0.3, 0.4) is 0 Å². The highest BCUT2D eigenvalue weighted by atomic mass is 19.1. The number of aryl methyl sites for hydroxylation is 2. The van der Waals surface area contributed by atoms with E-state index in [1.807, 2.05) is 49.1 Å². The molecule has 4 rings (SSSR count). The van der Waals surface area contributed by atoms with Crippen LogP contribution >= 0.6 is 0 Å². The maximum absolute atomic E-state index is 13.5. The average molecular weight is 409 g/mol. The van der Waals surface area contributed by atoms with Gasteiger partial charge in [0.25, 0.3) is 0 Å². The van der Waals surface area contributed by atoms with Crippen LogP contribution in [0.5, 0.6) is 0 Å². The van der Waals surface area contributed by atoms with Gasteiger partial charge in [0.15, 0.2) is 0 Å². The normalized spacial score (nSPS) is 17.3. The van der Waals surface area contributed by atoms with Crippen molar-refractivity contribution in [2.24, 2.45) is 7.05 Å². The zero-order valence-electron chi connectivity index (χ0n) is 18.1. The highest BCUT2D eigenvalue weighted by Crippen LogP contribution is 2.34. The molecule has 158 valence electrons. The van der Waals surface area contributed by atoms with E-state index >= 15 is 0 Å². The van der Waals surface area contributed by atoms with Crippen molar-refractivity contribution in [1.29, 1.82) is 0 Å². The molecule has 0 spiro atoms. The molecule has 1 saturated heterocycles. The quantitative estimate of drug-likeness (QED) is 0.643. The third-order valence-electron chi connectivity index (χ3n) is 5.76. The molecule has 2 aromatic heterocycles. The average Bonchev–Trinajstić information content (AvgIpc) is 3.05. The van der Waals surface area contributed by atoms with Gasteiger partial charge >= 0.3 is 0 Å². The first-order valence-electron chi connectivity index (χ1n) is 10.4. The Morgan fingerprint density at radius 1 is 1.20 bits per heavy atom. The fourth-order valence-electron chi connectivity index (χ4n) is 4.23. The summed E-state index contributed by atoms with van der Waals surface area (Å²) in [5.41, 5.74) is 5.35. The van der Waals surface area contributed by atoms with Crippen LogP contribution in [-0.2, 0) is 13.6 Å². The third kappa shape index (κ3) is 4.36. The number of piperidine rings is 1. The van der Waals surface area contributed by atoms with Gasteiger partial charge in [0.2, 0.25) is 5.95 Å². The SMILES string of the molecule is Cc1nn(C)cc1CN1CCC[C@@H](c2nc(N(C)C)ncc2-c2ccc(F)cc2)C1. The molecule has 0 amide bonds. The Morgan fingerprint density at radius 2 is 1.97 bits per heavy atom. The second-order valence-corrected chi connectivity index (χ2v) is 8.36. The van der Waals surface area contributed by atoms with Crippen molar-refractivity contribution in [2.45, 2.75) is 32.2 Å². The topological polar surface area (TPSA) is 50.1 Å². The molecular weight excluding hydrogens is 379 g/mol. The van der Waals surface area contributed by atoms with E-state index < -0.39 is 0 Å². The standard InChI is InChI=1S/C23H29FN6/c1-16-19(13-29(4)27-16)15-30-11-5-6-18(14-30)22-21(12-25-23(26-22)28(2)3)17-7-9-20(24)10-8-17/h7-10,12-13,18H,5-6,11,14-15H2,1-4H3/t18-/m1/s1. The summed E-state index contributed by atoms with van der Waals surface area (Å²) in [6.07, 6.45) is 6.20. The van der Waals surface area contributed by atoms with Crippen molar-refractivity contribution in [3.8, 4) is 11.1 Å². The Labute approximate surface area is 177 Å². The van der Waals surface area contributed by atoms with Crippen molar-refractivity contribution < 1.29 is 4.39 Å². The Morgan fingerprint density at radius 3 is 2.63 bits per heavy atom. The van der Waals surface area contributed by atoms with Gasteiger partial charge in [-0.1, -0.05) is 12.1 Å². The molecule has 1 atom stereocenters. The summed E-state index contributed by atoms with van der Waals surface area (Å²) in [6.45, 7) is 4.97. The lowest BCUT2D eigenvalue weighted by molar-refractivity contribution is 0.198. The minimum Gasteiger partial charge on any atom is -0.347 e. The fourth-order valence-corrected chi connectivity index (χ4v) is 4.23. The van der Waals surface area contributed by atoms with E-state index in [1.54, 1.807) is 0 Å². The van der Waals surface area contributed by atoms with Crippen LogP contribution in [0.2, 0.25) is 0 Å². The summed E-state index contributed by atoms with van der Waals surface area (Å²) in [6, 6.07) is 6.62. The predicted molar refractivity (Wildman–Crippen MR) is 117 cm³/mol. The molecule has 7 heteroatoms. The van der Waals surface area contributed by atoms with Gasteiger partial charge < -0.3 is 4.90 Å². The number of hydrogen-bond donors (Lipinski definition) is 0. The van der Waals surface area contributed by atoms with Gasteiger partial charge in [-0.05, 0) is 44.0 Å². The Hall–Kier alpha value is -2.80. The molecule has 1 aliphatic rings. The summed E-state index contributed by atoms with van der Waals surface area (Å²) in [5, 5.41) is 4.48. The first-order valence-corrected chi connectivity index (χ1v) is 10.4. The van der Waals surface area contributed by atoms with Crippen LogP contribution in [-0.4, -0.2) is 51.8 Å². The van der Waals surface area contributed by atoms with Crippen LogP contribution in [0.4, 0.5) is 10.3 Å². The van der Waals surface area contributed by atoms with Crippen molar-refractivity contribution in [2.75, 3.05) is 32.1 Å². The van der Waals surface area contributed by atoms with Gasteiger partial charge in [0.05, 0.1) is 11.4 Å². The maximum atomic E-state index is 13.5. The molecule has 0 saturated carbocycles. The first kappa shape index (κ1) is 20.5. The van der Waals surface area contributed by atoms with Gasteiger partial charge in [-0.25, -0.2) is 14.4 Å². The largest absolute Gasteiger partial charge is 0.347 e. The first-order chi connectivity index (χ1) is 14.4. The molecule has 6 nitrogen and oxygen atoms in total. The molecule has 1 aliphatic heterocycles. The molecule has 1 aromatic carbocycles. The van der Waals surface area contributed by atoms with E-state index in [-0.39, 0.29) is 5.82 Å². The molecule has 3 aromatic rings. The van der Waals surface area contributed by atoms with Gasteiger partial charge in [-0.15, -0.1) is 0 Å². The number of rotatable bonds is 5. The van der Waals surface area contributed by atoms with Gasteiger partial charge in [-0.3, -0.25) is 9.58 Å². The predicted octanol–water partition coefficient (Wildman–Crippen LogP) is 3.77. The summed E-state index contributed by atoms with van der Waals surface area (Å²) in [7, 11) is 5.87. The van der Waals surface area contributed by atoms with Crippen molar-refractivity contribution in [3.05, 3.63) is 59.4 Å². The summed E-state index contributed by atoms with van der Waals surface area (Å²) >= 11 is 0. The molecule has 0 bridgehead atoms. The number of nitrogens with zero attached hydrogens (tertiary/aromatic N) is 6. The van der Waals surface area contributed by atoms with E-state index in [9.17, 15) is 4.39 Å². The Bertz CT molecular complexity index is 1010. The molecule has 0 radical (unpaired) electrons. The molecule has 3 heterocycles. The second kappa shape index (κ2) is 8.52. The number of halogens is 1. The van der Waals surface area contributed by atoms with Gasteiger partial charge in [0, 0.05) is 63.7 Å². The highest BCUT2D eigenvalue weighted by molar-refractivity contribution is 5.66. The smallest absolute Gasteiger partial charge is 0.225 e. The second-order valence-electron chi connectivity index (χ2n) is 8.36. The zero-order valence-corrected chi connectivity index (χ0v) is 18.1. The van der Waals surface area contributed by atoms with Crippen molar-refractivity contribution >= 4 is 5.95 Å². The van der Waals surface area contributed by atoms with Crippen LogP contribution in [0, 0.1) is 12.7 Å². The number of aromatic nitrogens is 4. The van der Waals surface area contributed by atoms with Crippen LogP contribution in [0.25, 0.3) is 11.1 Å². The lowest BCUT2D eigenvalue weighted by atomic mass is 9.89. The minimum absolute atomic E-state index is 0.234. The van der Waals surface area contributed by atoms with Crippen molar-refractivity contribution in [1.82, 2.24) is 24.6 Å². The van der Waals surface area contributed by atoms with E-state index in [0.29, 0.717) is 11.9 Å². The number of anilines is 1.